The average Bonchev–Trinajstić information content (AvgIpc) is 3.46. The zero-order chi connectivity index (χ0) is 25.8. The van der Waals surface area contributed by atoms with Gasteiger partial charge in [0.2, 0.25) is 11.2 Å². The molecule has 2 aromatic carbocycles. The molecular formula is C30H27N3O4. The van der Waals surface area contributed by atoms with Gasteiger partial charge in [0.05, 0.1) is 12.8 Å². The standard InChI is InChI=1S/C30H27N3O4/c1-32-17-24-19-33(20-25(24)18-32)30(36)23-10-6-21(7-11-23)4-2-3-5-22-8-12-26(13-9-22)31-16-28-29(35)27(34)14-15-37-28/h6-15,24-25,31,35H,16-20H2,1H3. The van der Waals surface area contributed by atoms with Crippen LogP contribution in [0.1, 0.15) is 27.2 Å². The second-order valence-corrected chi connectivity index (χ2v) is 9.52. The molecule has 0 bridgehead atoms. The van der Waals surface area contributed by atoms with Gasteiger partial charge in [-0.05, 0) is 79.3 Å². The van der Waals surface area contributed by atoms with Crippen molar-refractivity contribution in [1.29, 1.82) is 0 Å². The number of carbonyl (C=O) groups is 1. The molecule has 0 saturated carbocycles. The van der Waals surface area contributed by atoms with Crippen molar-refractivity contribution in [3.8, 4) is 29.4 Å². The summed E-state index contributed by atoms with van der Waals surface area (Å²) in [6.07, 6.45) is 1.25. The zero-order valence-electron chi connectivity index (χ0n) is 20.5. The number of rotatable bonds is 4. The molecule has 37 heavy (non-hydrogen) atoms. The molecule has 7 heteroatoms. The first-order valence-electron chi connectivity index (χ1n) is 12.2. The number of carbonyl (C=O) groups excluding carboxylic acids is 1. The van der Waals surface area contributed by atoms with Crippen LogP contribution >= 0.6 is 0 Å². The molecule has 2 fully saturated rings. The van der Waals surface area contributed by atoms with E-state index < -0.39 is 5.43 Å². The van der Waals surface area contributed by atoms with Crippen molar-refractivity contribution in [2.75, 3.05) is 38.5 Å². The van der Waals surface area contributed by atoms with Crippen molar-refractivity contribution in [3.63, 3.8) is 0 Å². The van der Waals surface area contributed by atoms with E-state index in [-0.39, 0.29) is 24.0 Å². The molecule has 3 aromatic rings. The van der Waals surface area contributed by atoms with Gasteiger partial charge in [0.1, 0.15) is 0 Å². The number of aromatic hydroxyl groups is 1. The normalized spacial score (nSPS) is 18.4. The molecule has 2 unspecified atom stereocenters. The predicted octanol–water partition coefficient (Wildman–Crippen LogP) is 2.99. The van der Waals surface area contributed by atoms with E-state index >= 15 is 0 Å². The van der Waals surface area contributed by atoms with Gasteiger partial charge in [-0.15, -0.1) is 0 Å². The summed E-state index contributed by atoms with van der Waals surface area (Å²) in [7, 11) is 2.15. The van der Waals surface area contributed by atoms with Crippen molar-refractivity contribution in [3.05, 3.63) is 93.5 Å². The fourth-order valence-electron chi connectivity index (χ4n) is 4.91. The van der Waals surface area contributed by atoms with Crippen molar-refractivity contribution < 1.29 is 14.3 Å². The molecule has 0 spiro atoms. The minimum Gasteiger partial charge on any atom is -0.502 e. The van der Waals surface area contributed by atoms with Crippen LogP contribution in [-0.4, -0.2) is 54.0 Å². The van der Waals surface area contributed by atoms with Crippen LogP contribution in [0.2, 0.25) is 0 Å². The Hall–Kier alpha value is -4.46. The van der Waals surface area contributed by atoms with Crippen LogP contribution in [0.3, 0.4) is 0 Å². The second-order valence-electron chi connectivity index (χ2n) is 9.52. The van der Waals surface area contributed by atoms with Gasteiger partial charge in [0.15, 0.2) is 5.76 Å². The first kappa shape index (κ1) is 24.2. The van der Waals surface area contributed by atoms with E-state index in [0.717, 1.165) is 43.0 Å². The Morgan fingerprint density at radius 3 is 2.16 bits per heavy atom. The molecule has 0 radical (unpaired) electrons. The highest BCUT2D eigenvalue weighted by molar-refractivity contribution is 5.94. The fourth-order valence-corrected chi connectivity index (χ4v) is 4.91. The quantitative estimate of drug-likeness (QED) is 0.544. The smallest absolute Gasteiger partial charge is 0.253 e. The van der Waals surface area contributed by atoms with E-state index in [2.05, 4.69) is 40.9 Å². The summed E-state index contributed by atoms with van der Waals surface area (Å²) in [6.45, 7) is 4.02. The summed E-state index contributed by atoms with van der Waals surface area (Å²) in [6, 6.07) is 16.0. The highest BCUT2D eigenvalue weighted by Crippen LogP contribution is 2.31. The first-order valence-corrected chi connectivity index (χ1v) is 12.2. The molecule has 3 heterocycles. The number of hydrogen-bond acceptors (Lipinski definition) is 6. The first-order chi connectivity index (χ1) is 18.0. The van der Waals surface area contributed by atoms with Gasteiger partial charge in [0, 0.05) is 54.6 Å². The number of anilines is 1. The molecule has 186 valence electrons. The third-order valence-corrected chi connectivity index (χ3v) is 6.83. The van der Waals surface area contributed by atoms with Crippen molar-refractivity contribution in [1.82, 2.24) is 9.80 Å². The van der Waals surface area contributed by atoms with Crippen LogP contribution < -0.4 is 10.7 Å². The van der Waals surface area contributed by atoms with E-state index in [1.165, 1.54) is 12.3 Å². The molecule has 2 N–H and O–H groups in total. The number of likely N-dealkylation sites (tertiary alicyclic amines) is 2. The Labute approximate surface area is 215 Å². The van der Waals surface area contributed by atoms with E-state index in [9.17, 15) is 14.7 Å². The van der Waals surface area contributed by atoms with Gasteiger partial charge in [0.25, 0.3) is 5.91 Å². The largest absolute Gasteiger partial charge is 0.502 e. The Morgan fingerprint density at radius 2 is 1.54 bits per heavy atom. The van der Waals surface area contributed by atoms with Crippen LogP contribution in [0, 0.1) is 35.5 Å². The van der Waals surface area contributed by atoms with Crippen LogP contribution in [0.5, 0.6) is 5.75 Å². The van der Waals surface area contributed by atoms with Crippen LogP contribution in [0.15, 0.2) is 70.1 Å². The molecule has 1 aromatic heterocycles. The van der Waals surface area contributed by atoms with Gasteiger partial charge in [-0.2, -0.15) is 0 Å². The number of hydrogen-bond donors (Lipinski definition) is 2. The van der Waals surface area contributed by atoms with Gasteiger partial charge in [-0.25, -0.2) is 0 Å². The summed E-state index contributed by atoms with van der Waals surface area (Å²) < 4.78 is 5.17. The lowest BCUT2D eigenvalue weighted by Crippen LogP contribution is -2.32. The monoisotopic (exact) mass is 493 g/mol. The highest BCUT2D eigenvalue weighted by Gasteiger charge is 2.40. The molecule has 2 atom stereocenters. The van der Waals surface area contributed by atoms with Gasteiger partial charge >= 0.3 is 0 Å². The Balaban J connectivity index is 1.13. The highest BCUT2D eigenvalue weighted by atomic mass is 16.4. The molecular weight excluding hydrogens is 466 g/mol. The maximum Gasteiger partial charge on any atom is 0.253 e. The lowest BCUT2D eigenvalue weighted by atomic mass is 10.0. The topological polar surface area (TPSA) is 86.0 Å². The summed E-state index contributed by atoms with van der Waals surface area (Å²) in [4.78, 5) is 28.7. The lowest BCUT2D eigenvalue weighted by molar-refractivity contribution is 0.0776. The van der Waals surface area contributed by atoms with Gasteiger partial charge < -0.3 is 24.6 Å². The molecule has 2 aliphatic rings. The Morgan fingerprint density at radius 1 is 0.946 bits per heavy atom. The second kappa shape index (κ2) is 10.7. The van der Waals surface area contributed by atoms with Crippen LogP contribution in [0.25, 0.3) is 0 Å². The number of amides is 1. The van der Waals surface area contributed by atoms with Crippen LogP contribution in [0.4, 0.5) is 5.69 Å². The summed E-state index contributed by atoms with van der Waals surface area (Å²) in [5.41, 5.74) is 2.62. The summed E-state index contributed by atoms with van der Waals surface area (Å²) in [5, 5.41) is 12.8. The number of fused-ring (bicyclic) bond motifs is 1. The number of benzene rings is 2. The van der Waals surface area contributed by atoms with E-state index in [1.807, 2.05) is 53.4 Å². The molecule has 1 amide bonds. The zero-order valence-corrected chi connectivity index (χ0v) is 20.5. The number of nitrogens with one attached hydrogen (secondary N) is 1. The van der Waals surface area contributed by atoms with Crippen molar-refractivity contribution in [2.24, 2.45) is 11.8 Å². The van der Waals surface area contributed by atoms with Crippen LogP contribution in [-0.2, 0) is 6.54 Å². The SMILES string of the molecule is CN1CC2CN(C(=O)c3ccc(C#CC#Cc4ccc(NCc5occc(=O)c5O)cc4)cc3)CC2C1. The minimum atomic E-state index is -0.475. The molecule has 2 saturated heterocycles. The average molecular weight is 494 g/mol. The Bertz CT molecular complexity index is 1460. The third kappa shape index (κ3) is 5.69. The summed E-state index contributed by atoms with van der Waals surface area (Å²) in [5.74, 6) is 12.8. The minimum absolute atomic E-state index is 0.0967. The summed E-state index contributed by atoms with van der Waals surface area (Å²) >= 11 is 0. The van der Waals surface area contributed by atoms with E-state index in [1.54, 1.807) is 0 Å². The maximum atomic E-state index is 12.9. The van der Waals surface area contributed by atoms with E-state index in [0.29, 0.717) is 17.4 Å². The lowest BCUT2D eigenvalue weighted by Gasteiger charge is -2.19. The Kier molecular flexibility index (Phi) is 6.98. The van der Waals surface area contributed by atoms with Gasteiger partial charge in [-0.3, -0.25) is 9.59 Å². The van der Waals surface area contributed by atoms with Gasteiger partial charge in [-0.1, -0.05) is 11.8 Å². The van der Waals surface area contributed by atoms with Crippen molar-refractivity contribution in [2.45, 2.75) is 6.54 Å². The predicted molar refractivity (Wildman–Crippen MR) is 141 cm³/mol. The van der Waals surface area contributed by atoms with E-state index in [4.69, 9.17) is 4.42 Å². The molecule has 7 nitrogen and oxygen atoms in total. The maximum absolute atomic E-state index is 12.9. The molecule has 0 aliphatic carbocycles. The molecule has 5 rings (SSSR count). The fraction of sp³-hybridized carbons (Fsp3) is 0.267. The number of nitrogens with zero attached hydrogens (tertiary/aromatic N) is 2. The molecule has 2 aliphatic heterocycles. The van der Waals surface area contributed by atoms with Crippen molar-refractivity contribution >= 4 is 11.6 Å². The third-order valence-electron chi connectivity index (χ3n) is 6.83.